The van der Waals surface area contributed by atoms with Crippen LogP contribution in [0.1, 0.15) is 24.6 Å². The Hall–Kier alpha value is -1.78. The number of hydrogen-bond acceptors (Lipinski definition) is 5. The molecule has 0 bridgehead atoms. The highest BCUT2D eigenvalue weighted by Gasteiger charge is 2.13. The monoisotopic (exact) mass is 224 g/mol. The molecule has 5 heteroatoms. The van der Waals surface area contributed by atoms with Crippen LogP contribution in [-0.4, -0.2) is 18.2 Å². The second-order valence-electron chi connectivity index (χ2n) is 3.49. The molecule has 0 fully saturated rings. The third-order valence-corrected chi connectivity index (χ3v) is 2.43. The van der Waals surface area contributed by atoms with Gasteiger partial charge in [0, 0.05) is 12.0 Å². The average Bonchev–Trinajstić information content (AvgIpc) is 2.59. The molecule has 1 rings (SSSR count). The Bertz CT molecular complexity index is 388. The third kappa shape index (κ3) is 2.85. The molecule has 0 atom stereocenters. The summed E-state index contributed by atoms with van der Waals surface area (Å²) in [6.45, 7) is 3.69. The van der Waals surface area contributed by atoms with E-state index in [4.69, 9.17) is 10.3 Å². The zero-order chi connectivity index (χ0) is 12.1. The number of esters is 1. The largest absolute Gasteiger partial charge is 0.469 e. The minimum Gasteiger partial charge on any atom is -0.469 e. The van der Waals surface area contributed by atoms with E-state index in [2.05, 4.69) is 9.89 Å². The molecule has 1 aromatic rings. The molecule has 16 heavy (non-hydrogen) atoms. The summed E-state index contributed by atoms with van der Waals surface area (Å²) in [5, 5.41) is 3.76. The van der Waals surface area contributed by atoms with Crippen LogP contribution in [-0.2, 0) is 16.0 Å². The second-order valence-corrected chi connectivity index (χ2v) is 3.49. The summed E-state index contributed by atoms with van der Waals surface area (Å²) < 4.78 is 9.47. The first kappa shape index (κ1) is 12.3. The Morgan fingerprint density at radius 2 is 2.31 bits per heavy atom. The quantitative estimate of drug-likeness (QED) is 0.621. The van der Waals surface area contributed by atoms with Crippen molar-refractivity contribution >= 4 is 11.9 Å². The minimum absolute atomic E-state index is 0.261. The summed E-state index contributed by atoms with van der Waals surface area (Å²) in [7, 11) is 1.37. The molecule has 88 valence electrons. The number of carbonyl (C=O) groups excluding carboxylic acids is 1. The predicted molar refractivity (Wildman–Crippen MR) is 59.7 cm³/mol. The van der Waals surface area contributed by atoms with Gasteiger partial charge in [-0.25, -0.2) is 0 Å². The van der Waals surface area contributed by atoms with Gasteiger partial charge in [0.1, 0.15) is 0 Å². The molecule has 2 N–H and O–H groups in total. The normalized spacial score (nSPS) is 11.6. The number of anilines is 1. The molecule has 0 aliphatic heterocycles. The zero-order valence-corrected chi connectivity index (χ0v) is 9.74. The fourth-order valence-electron chi connectivity index (χ4n) is 1.37. The lowest BCUT2D eigenvalue weighted by molar-refractivity contribution is -0.139. The van der Waals surface area contributed by atoms with Crippen LogP contribution >= 0.6 is 0 Å². The fourth-order valence-corrected chi connectivity index (χ4v) is 1.37. The highest BCUT2D eigenvalue weighted by Crippen LogP contribution is 2.21. The van der Waals surface area contributed by atoms with E-state index in [0.717, 1.165) is 16.8 Å². The van der Waals surface area contributed by atoms with Crippen molar-refractivity contribution in [2.45, 2.75) is 26.7 Å². The summed E-state index contributed by atoms with van der Waals surface area (Å²) >= 11 is 0. The first-order valence-electron chi connectivity index (χ1n) is 5.00. The maximum absolute atomic E-state index is 11.1. The Kier molecular flexibility index (Phi) is 4.10. The van der Waals surface area contributed by atoms with Crippen molar-refractivity contribution in [1.82, 2.24) is 5.16 Å². The average molecular weight is 224 g/mol. The van der Waals surface area contributed by atoms with Crippen molar-refractivity contribution in [3.05, 3.63) is 22.9 Å². The lowest BCUT2D eigenvalue weighted by Crippen LogP contribution is -2.04. The van der Waals surface area contributed by atoms with E-state index >= 15 is 0 Å². The van der Waals surface area contributed by atoms with Gasteiger partial charge in [-0.2, -0.15) is 0 Å². The highest BCUT2D eigenvalue weighted by molar-refractivity contribution is 5.72. The van der Waals surface area contributed by atoms with Crippen LogP contribution in [0.5, 0.6) is 0 Å². The topological polar surface area (TPSA) is 78.3 Å². The van der Waals surface area contributed by atoms with Crippen LogP contribution < -0.4 is 5.73 Å². The van der Waals surface area contributed by atoms with Gasteiger partial charge in [-0.05, 0) is 13.8 Å². The standard InChI is InChI=1S/C11H16N2O3/c1-4-8(6-10(14)15-3)5-9-7(2)13-16-11(9)12/h4H,5-6,12H2,1-3H3/b8-4-. The Morgan fingerprint density at radius 1 is 1.62 bits per heavy atom. The first-order valence-corrected chi connectivity index (χ1v) is 5.00. The van der Waals surface area contributed by atoms with Gasteiger partial charge < -0.3 is 15.0 Å². The van der Waals surface area contributed by atoms with Gasteiger partial charge >= 0.3 is 5.97 Å². The van der Waals surface area contributed by atoms with Gasteiger partial charge in [0.15, 0.2) is 0 Å². The van der Waals surface area contributed by atoms with Crippen molar-refractivity contribution in [1.29, 1.82) is 0 Å². The summed E-state index contributed by atoms with van der Waals surface area (Å²) in [5.74, 6) is 0.0440. The lowest BCUT2D eigenvalue weighted by Gasteiger charge is -2.05. The maximum Gasteiger partial charge on any atom is 0.309 e. The van der Waals surface area contributed by atoms with Gasteiger partial charge in [-0.3, -0.25) is 4.79 Å². The number of nitrogens with zero attached hydrogens (tertiary/aromatic N) is 1. The molecule has 0 aliphatic carbocycles. The molecule has 1 heterocycles. The van der Waals surface area contributed by atoms with E-state index in [0.29, 0.717) is 12.3 Å². The van der Waals surface area contributed by atoms with Crippen molar-refractivity contribution in [3.8, 4) is 0 Å². The van der Waals surface area contributed by atoms with Crippen LogP contribution in [0.2, 0.25) is 0 Å². The number of allylic oxidation sites excluding steroid dienone is 1. The molecule has 0 spiro atoms. The fraction of sp³-hybridized carbons (Fsp3) is 0.455. The van der Waals surface area contributed by atoms with Crippen molar-refractivity contribution < 1.29 is 14.1 Å². The van der Waals surface area contributed by atoms with E-state index in [1.165, 1.54) is 7.11 Å². The van der Waals surface area contributed by atoms with Gasteiger partial charge in [0.05, 0.1) is 19.2 Å². The van der Waals surface area contributed by atoms with Crippen LogP contribution in [0, 0.1) is 6.92 Å². The van der Waals surface area contributed by atoms with Gasteiger partial charge in [0.25, 0.3) is 0 Å². The zero-order valence-electron chi connectivity index (χ0n) is 9.74. The molecular weight excluding hydrogens is 208 g/mol. The van der Waals surface area contributed by atoms with Gasteiger partial charge in [-0.15, -0.1) is 0 Å². The van der Waals surface area contributed by atoms with E-state index < -0.39 is 0 Å². The third-order valence-electron chi connectivity index (χ3n) is 2.43. The number of nitrogens with two attached hydrogens (primary N) is 1. The van der Waals surface area contributed by atoms with Crippen LogP contribution in [0.3, 0.4) is 0 Å². The summed E-state index contributed by atoms with van der Waals surface area (Å²) in [4.78, 5) is 11.1. The lowest BCUT2D eigenvalue weighted by atomic mass is 10.0. The number of methoxy groups -OCH3 is 1. The van der Waals surface area contributed by atoms with Crippen molar-refractivity contribution in [3.63, 3.8) is 0 Å². The number of nitrogen functional groups attached to an aromatic ring is 1. The molecule has 0 amide bonds. The Labute approximate surface area is 94.2 Å². The number of aryl methyl sites for hydroxylation is 1. The number of aromatic nitrogens is 1. The number of rotatable bonds is 4. The number of carbonyl (C=O) groups is 1. The van der Waals surface area contributed by atoms with E-state index in [1.54, 1.807) is 0 Å². The molecule has 0 radical (unpaired) electrons. The molecule has 0 saturated heterocycles. The molecular formula is C11H16N2O3. The van der Waals surface area contributed by atoms with Crippen LogP contribution in [0.15, 0.2) is 16.2 Å². The number of ether oxygens (including phenoxy) is 1. The van der Waals surface area contributed by atoms with E-state index in [9.17, 15) is 4.79 Å². The molecule has 0 aromatic carbocycles. The van der Waals surface area contributed by atoms with Gasteiger partial charge in [-0.1, -0.05) is 16.8 Å². The summed E-state index contributed by atoms with van der Waals surface area (Å²) in [6.07, 6.45) is 2.70. The minimum atomic E-state index is -0.263. The van der Waals surface area contributed by atoms with Gasteiger partial charge in [0.2, 0.25) is 5.88 Å². The molecule has 0 saturated carbocycles. The summed E-state index contributed by atoms with van der Waals surface area (Å²) in [6, 6.07) is 0. The van der Waals surface area contributed by atoms with Crippen molar-refractivity contribution in [2.24, 2.45) is 0 Å². The van der Waals surface area contributed by atoms with Crippen molar-refractivity contribution in [2.75, 3.05) is 12.8 Å². The smallest absolute Gasteiger partial charge is 0.309 e. The second kappa shape index (κ2) is 5.34. The highest BCUT2D eigenvalue weighted by atomic mass is 16.5. The molecule has 1 aromatic heterocycles. The maximum atomic E-state index is 11.1. The molecule has 0 aliphatic rings. The predicted octanol–water partition coefficient (Wildman–Crippen LogP) is 1.62. The van der Waals surface area contributed by atoms with E-state index in [1.807, 2.05) is 19.9 Å². The SMILES string of the molecule is C/C=C(\CC(=O)OC)Cc1c(C)noc1N. The Morgan fingerprint density at radius 3 is 2.75 bits per heavy atom. The first-order chi connectivity index (χ1) is 7.58. The Balaban J connectivity index is 2.75. The summed E-state index contributed by atoms with van der Waals surface area (Å²) in [5.41, 5.74) is 8.15. The van der Waals surface area contributed by atoms with E-state index in [-0.39, 0.29) is 12.4 Å². The molecule has 5 nitrogen and oxygen atoms in total. The molecule has 0 unspecified atom stereocenters. The van der Waals surface area contributed by atoms with Crippen LogP contribution in [0.25, 0.3) is 0 Å². The van der Waals surface area contributed by atoms with Crippen LogP contribution in [0.4, 0.5) is 5.88 Å². The number of hydrogen-bond donors (Lipinski definition) is 1.